The van der Waals surface area contributed by atoms with Crippen LogP contribution in [0.2, 0.25) is 0 Å². The minimum atomic E-state index is -0.913. The normalized spacial score (nSPS) is 18.3. The summed E-state index contributed by atoms with van der Waals surface area (Å²) in [6.45, 7) is 1.15. The van der Waals surface area contributed by atoms with Crippen LogP contribution < -0.4 is 0 Å². The van der Waals surface area contributed by atoms with Gasteiger partial charge in [0.15, 0.2) is 0 Å². The number of phenols is 1. The van der Waals surface area contributed by atoms with Gasteiger partial charge in [-0.3, -0.25) is 4.68 Å². The largest absolute Gasteiger partial charge is 0.508 e. The molecule has 4 rings (SSSR count). The predicted octanol–water partition coefficient (Wildman–Crippen LogP) is 5.55. The van der Waals surface area contributed by atoms with Gasteiger partial charge >= 0.3 is 5.97 Å². The summed E-state index contributed by atoms with van der Waals surface area (Å²) in [6.07, 6.45) is 6.33. The lowest BCUT2D eigenvalue weighted by Crippen LogP contribution is -2.23. The molecule has 1 fully saturated rings. The lowest BCUT2D eigenvalue weighted by atomic mass is 9.82. The molecule has 0 atom stereocenters. The zero-order valence-corrected chi connectivity index (χ0v) is 19.6. The van der Waals surface area contributed by atoms with Crippen LogP contribution in [0.5, 0.6) is 5.75 Å². The molecule has 6 nitrogen and oxygen atoms in total. The SMILES string of the molecule is CSc1c(-c2cccc(O)c2)c(-c2ccccc2)nn1C[C@H]1CC[C@@H](COCC(=O)O)CC1. The van der Waals surface area contributed by atoms with E-state index in [0.29, 0.717) is 18.4 Å². The van der Waals surface area contributed by atoms with Crippen LogP contribution in [-0.4, -0.2) is 45.4 Å². The number of thioether (sulfide) groups is 1. The number of ether oxygens (including phenoxy) is 1. The average molecular weight is 467 g/mol. The fourth-order valence-corrected chi connectivity index (χ4v) is 5.38. The molecule has 1 heterocycles. The highest BCUT2D eigenvalue weighted by Crippen LogP contribution is 2.41. The second-order valence-corrected chi connectivity index (χ2v) is 9.42. The minimum absolute atomic E-state index is 0.218. The molecule has 7 heteroatoms. The first-order valence-electron chi connectivity index (χ1n) is 11.3. The van der Waals surface area contributed by atoms with Crippen LogP contribution in [0.15, 0.2) is 59.6 Å². The van der Waals surface area contributed by atoms with E-state index in [1.54, 1.807) is 23.9 Å². The number of carboxylic acids is 1. The van der Waals surface area contributed by atoms with Crippen molar-refractivity contribution in [3.63, 3.8) is 0 Å². The number of hydrogen-bond donors (Lipinski definition) is 2. The number of carboxylic acid groups (broad SMARTS) is 1. The van der Waals surface area contributed by atoms with E-state index in [0.717, 1.165) is 59.6 Å². The molecule has 0 radical (unpaired) electrons. The molecule has 0 saturated heterocycles. The van der Waals surface area contributed by atoms with Gasteiger partial charge in [-0.15, -0.1) is 11.8 Å². The van der Waals surface area contributed by atoms with Gasteiger partial charge < -0.3 is 14.9 Å². The molecule has 33 heavy (non-hydrogen) atoms. The Labute approximate surface area is 198 Å². The maximum Gasteiger partial charge on any atom is 0.329 e. The maximum absolute atomic E-state index is 10.7. The van der Waals surface area contributed by atoms with E-state index in [-0.39, 0.29) is 12.4 Å². The molecular formula is C26H30N2O4S. The van der Waals surface area contributed by atoms with Gasteiger partial charge in [0.05, 0.1) is 6.61 Å². The summed E-state index contributed by atoms with van der Waals surface area (Å²) in [6, 6.07) is 17.6. The smallest absolute Gasteiger partial charge is 0.329 e. The Hall–Kier alpha value is -2.77. The quantitative estimate of drug-likeness (QED) is 0.402. The van der Waals surface area contributed by atoms with E-state index in [4.69, 9.17) is 14.9 Å². The molecule has 0 unspecified atom stereocenters. The van der Waals surface area contributed by atoms with Crippen LogP contribution in [0.4, 0.5) is 0 Å². The van der Waals surface area contributed by atoms with Gasteiger partial charge in [0, 0.05) is 17.7 Å². The molecule has 0 spiro atoms. The lowest BCUT2D eigenvalue weighted by Gasteiger charge is -2.28. The standard InChI is InChI=1S/C26H30N2O4S/c1-33-26-24(21-8-5-9-22(29)14-21)25(20-6-3-2-4-7-20)27-28(26)15-18-10-12-19(13-11-18)16-32-17-23(30)31/h2-9,14,18-19,29H,10-13,15-17H2,1H3,(H,30,31)/t18-,19+. The summed E-state index contributed by atoms with van der Waals surface area (Å²) in [5, 5.41) is 25.0. The van der Waals surface area contributed by atoms with Crippen LogP contribution in [0.3, 0.4) is 0 Å². The molecule has 1 aromatic heterocycles. The van der Waals surface area contributed by atoms with E-state index in [1.807, 2.05) is 30.3 Å². The molecule has 2 aromatic carbocycles. The number of rotatable bonds is 9. The van der Waals surface area contributed by atoms with E-state index in [1.165, 1.54) is 0 Å². The van der Waals surface area contributed by atoms with Gasteiger partial charge in [-0.2, -0.15) is 5.10 Å². The molecular weight excluding hydrogens is 436 g/mol. The monoisotopic (exact) mass is 466 g/mol. The number of benzene rings is 2. The zero-order chi connectivity index (χ0) is 23.2. The van der Waals surface area contributed by atoms with Crippen molar-refractivity contribution in [1.29, 1.82) is 0 Å². The molecule has 174 valence electrons. The molecule has 1 saturated carbocycles. The Morgan fingerprint density at radius 2 is 1.76 bits per heavy atom. The highest BCUT2D eigenvalue weighted by molar-refractivity contribution is 7.98. The number of aliphatic carboxylic acids is 1. The fraction of sp³-hybridized carbons (Fsp3) is 0.385. The summed E-state index contributed by atoms with van der Waals surface area (Å²) in [4.78, 5) is 10.7. The average Bonchev–Trinajstić information content (AvgIpc) is 3.18. The lowest BCUT2D eigenvalue weighted by molar-refractivity contribution is -0.142. The number of carbonyl (C=O) groups is 1. The predicted molar refractivity (Wildman–Crippen MR) is 130 cm³/mol. The Bertz CT molecular complexity index is 1080. The van der Waals surface area contributed by atoms with Crippen LogP contribution >= 0.6 is 11.8 Å². The fourth-order valence-electron chi connectivity index (χ4n) is 4.64. The van der Waals surface area contributed by atoms with E-state index in [9.17, 15) is 9.90 Å². The molecule has 1 aliphatic rings. The van der Waals surface area contributed by atoms with Crippen molar-refractivity contribution in [2.45, 2.75) is 37.3 Å². The van der Waals surface area contributed by atoms with Crippen LogP contribution in [0.1, 0.15) is 25.7 Å². The molecule has 1 aliphatic carbocycles. The highest BCUT2D eigenvalue weighted by atomic mass is 32.2. The van der Waals surface area contributed by atoms with Crippen molar-refractivity contribution >= 4 is 17.7 Å². The second-order valence-electron chi connectivity index (χ2n) is 8.63. The third-order valence-corrected chi connectivity index (χ3v) is 7.06. The Kier molecular flexibility index (Phi) is 7.73. The van der Waals surface area contributed by atoms with Crippen molar-refractivity contribution < 1.29 is 19.7 Å². The first-order chi connectivity index (χ1) is 16.0. The molecule has 0 amide bonds. The Morgan fingerprint density at radius 1 is 1.06 bits per heavy atom. The van der Waals surface area contributed by atoms with Crippen LogP contribution in [0.25, 0.3) is 22.4 Å². The van der Waals surface area contributed by atoms with E-state index < -0.39 is 5.97 Å². The Morgan fingerprint density at radius 3 is 2.42 bits per heavy atom. The van der Waals surface area contributed by atoms with Gasteiger partial charge in [-0.1, -0.05) is 42.5 Å². The number of aromatic hydroxyl groups is 1. The first kappa shape index (κ1) is 23.4. The van der Waals surface area contributed by atoms with Gasteiger partial charge in [-0.05, 0) is 61.5 Å². The summed E-state index contributed by atoms with van der Waals surface area (Å²) in [7, 11) is 0. The van der Waals surface area contributed by atoms with Gasteiger partial charge in [-0.25, -0.2) is 4.79 Å². The summed E-state index contributed by atoms with van der Waals surface area (Å²) < 4.78 is 7.45. The summed E-state index contributed by atoms with van der Waals surface area (Å²) in [5.41, 5.74) is 4.01. The number of phenolic OH excluding ortho intramolecular Hbond substituents is 1. The topological polar surface area (TPSA) is 84.6 Å². The maximum atomic E-state index is 10.7. The molecule has 3 aromatic rings. The first-order valence-corrected chi connectivity index (χ1v) is 12.6. The summed E-state index contributed by atoms with van der Waals surface area (Å²) >= 11 is 1.68. The second kappa shape index (κ2) is 10.9. The minimum Gasteiger partial charge on any atom is -0.508 e. The van der Waals surface area contributed by atoms with Crippen LogP contribution in [0, 0.1) is 11.8 Å². The third-order valence-electron chi connectivity index (χ3n) is 6.26. The van der Waals surface area contributed by atoms with Gasteiger partial charge in [0.1, 0.15) is 23.1 Å². The van der Waals surface area contributed by atoms with Crippen LogP contribution in [-0.2, 0) is 16.1 Å². The third kappa shape index (κ3) is 5.78. The van der Waals surface area contributed by atoms with Gasteiger partial charge in [0.25, 0.3) is 0 Å². The number of aromatic nitrogens is 2. The highest BCUT2D eigenvalue weighted by Gasteiger charge is 2.26. The van der Waals surface area contributed by atoms with Crippen molar-refractivity contribution in [2.75, 3.05) is 19.5 Å². The summed E-state index contributed by atoms with van der Waals surface area (Å²) in [5.74, 6) is 0.284. The molecule has 0 bridgehead atoms. The van der Waals surface area contributed by atoms with Crippen molar-refractivity contribution in [2.24, 2.45) is 11.8 Å². The van der Waals surface area contributed by atoms with E-state index >= 15 is 0 Å². The molecule has 2 N–H and O–H groups in total. The Balaban J connectivity index is 1.56. The zero-order valence-electron chi connectivity index (χ0n) is 18.8. The number of hydrogen-bond acceptors (Lipinski definition) is 5. The van der Waals surface area contributed by atoms with Crippen molar-refractivity contribution in [3.05, 3.63) is 54.6 Å². The van der Waals surface area contributed by atoms with E-state index in [2.05, 4.69) is 23.1 Å². The van der Waals surface area contributed by atoms with Crippen molar-refractivity contribution in [1.82, 2.24) is 9.78 Å². The van der Waals surface area contributed by atoms with Gasteiger partial charge in [0.2, 0.25) is 0 Å². The number of nitrogens with zero attached hydrogens (tertiary/aromatic N) is 2. The van der Waals surface area contributed by atoms with Crippen molar-refractivity contribution in [3.8, 4) is 28.1 Å². The molecule has 0 aliphatic heterocycles.